The third-order valence-corrected chi connectivity index (χ3v) is 2.55. The van der Waals surface area contributed by atoms with Crippen molar-refractivity contribution in [1.82, 2.24) is 5.16 Å². The first kappa shape index (κ1) is 11.3. The molecule has 3 rings (SSSR count). The van der Waals surface area contributed by atoms with Crippen LogP contribution in [0.5, 0.6) is 5.75 Å². The molecule has 1 heterocycles. The summed E-state index contributed by atoms with van der Waals surface area (Å²) in [6, 6.07) is 16.1. The zero-order chi connectivity index (χ0) is 13.1. The average molecular weight is 254 g/mol. The van der Waals surface area contributed by atoms with Crippen LogP contribution in [0.4, 0.5) is 10.7 Å². The van der Waals surface area contributed by atoms with Gasteiger partial charge in [-0.2, -0.15) is 0 Å². The lowest BCUT2D eigenvalue weighted by molar-refractivity contribution is 0.214. The number of para-hydroxylation sites is 1. The van der Waals surface area contributed by atoms with E-state index in [9.17, 15) is 4.79 Å². The maximum absolute atomic E-state index is 11.7. The van der Waals surface area contributed by atoms with E-state index in [1.54, 1.807) is 30.3 Å². The monoisotopic (exact) mass is 254 g/mol. The number of ether oxygens (including phenoxy) is 1. The van der Waals surface area contributed by atoms with Crippen molar-refractivity contribution in [2.75, 3.05) is 5.32 Å². The predicted molar refractivity (Wildman–Crippen MR) is 70.1 cm³/mol. The van der Waals surface area contributed by atoms with Crippen LogP contribution >= 0.6 is 0 Å². The smallest absolute Gasteiger partial charge is 0.410 e. The summed E-state index contributed by atoms with van der Waals surface area (Å²) in [6.45, 7) is 0. The fourth-order valence-electron chi connectivity index (χ4n) is 1.69. The maximum atomic E-state index is 11.7. The quantitative estimate of drug-likeness (QED) is 0.760. The van der Waals surface area contributed by atoms with Crippen LogP contribution < -0.4 is 10.1 Å². The highest BCUT2D eigenvalue weighted by Gasteiger charge is 2.12. The van der Waals surface area contributed by atoms with Crippen LogP contribution in [-0.2, 0) is 0 Å². The predicted octanol–water partition coefficient (Wildman–Crippen LogP) is 3.44. The van der Waals surface area contributed by atoms with E-state index >= 15 is 0 Å². The van der Waals surface area contributed by atoms with Crippen LogP contribution in [-0.4, -0.2) is 11.2 Å². The van der Waals surface area contributed by atoms with E-state index in [2.05, 4.69) is 10.5 Å². The Labute approximate surface area is 108 Å². The summed E-state index contributed by atoms with van der Waals surface area (Å²) in [4.78, 5) is 11.7. The van der Waals surface area contributed by atoms with Gasteiger partial charge >= 0.3 is 6.09 Å². The highest BCUT2D eigenvalue weighted by atomic mass is 16.6. The van der Waals surface area contributed by atoms with Crippen molar-refractivity contribution in [2.24, 2.45) is 0 Å². The molecule has 0 atom stereocenters. The van der Waals surface area contributed by atoms with Crippen LogP contribution in [0.1, 0.15) is 0 Å². The van der Waals surface area contributed by atoms with Crippen molar-refractivity contribution in [3.8, 4) is 5.75 Å². The van der Waals surface area contributed by atoms with Crippen LogP contribution in [0.2, 0.25) is 0 Å². The molecule has 0 aliphatic rings. The largest absolute Gasteiger partial charge is 0.419 e. The number of rotatable bonds is 2. The molecule has 2 aromatic carbocycles. The molecule has 1 N–H and O–H groups in total. The number of benzene rings is 2. The molecule has 0 bridgehead atoms. The van der Waals surface area contributed by atoms with Gasteiger partial charge in [-0.15, -0.1) is 0 Å². The van der Waals surface area contributed by atoms with Crippen LogP contribution in [0, 0.1) is 0 Å². The SMILES string of the molecule is O=C(Nc1onc2ccccc12)Oc1ccccc1. The Balaban J connectivity index is 1.76. The summed E-state index contributed by atoms with van der Waals surface area (Å²) >= 11 is 0. The minimum atomic E-state index is -0.617. The minimum Gasteiger partial charge on any atom is -0.410 e. The standard InChI is InChI=1S/C14H10N2O3/c17-14(18-10-6-2-1-3-7-10)15-13-11-8-4-5-9-12(11)16-19-13/h1-9H,(H,15,17). The first-order chi connectivity index (χ1) is 9.33. The number of hydrogen-bond acceptors (Lipinski definition) is 4. The molecule has 19 heavy (non-hydrogen) atoms. The highest BCUT2D eigenvalue weighted by molar-refractivity contribution is 5.96. The van der Waals surface area contributed by atoms with Crippen molar-refractivity contribution in [3.05, 3.63) is 54.6 Å². The molecule has 5 heteroatoms. The first-order valence-corrected chi connectivity index (χ1v) is 5.71. The van der Waals surface area contributed by atoms with E-state index in [1.165, 1.54) is 0 Å². The zero-order valence-electron chi connectivity index (χ0n) is 9.87. The molecule has 0 saturated carbocycles. The van der Waals surface area contributed by atoms with E-state index in [0.717, 1.165) is 5.39 Å². The number of carbonyl (C=O) groups excluding carboxylic acids is 1. The number of hydrogen-bond donors (Lipinski definition) is 1. The van der Waals surface area contributed by atoms with Gasteiger partial charge in [-0.05, 0) is 24.3 Å². The third-order valence-electron chi connectivity index (χ3n) is 2.55. The fraction of sp³-hybridized carbons (Fsp3) is 0. The first-order valence-electron chi connectivity index (χ1n) is 5.71. The topological polar surface area (TPSA) is 64.4 Å². The third kappa shape index (κ3) is 2.40. The molecular weight excluding hydrogens is 244 g/mol. The zero-order valence-corrected chi connectivity index (χ0v) is 9.87. The van der Waals surface area contributed by atoms with Crippen LogP contribution in [0.25, 0.3) is 10.9 Å². The molecule has 0 spiro atoms. The summed E-state index contributed by atoms with van der Waals surface area (Å²) in [5.41, 5.74) is 0.678. The van der Waals surface area contributed by atoms with Crippen LogP contribution in [0.15, 0.2) is 59.1 Å². The summed E-state index contributed by atoms with van der Waals surface area (Å²) < 4.78 is 10.2. The molecule has 0 unspecified atom stereocenters. The van der Waals surface area contributed by atoms with Crippen molar-refractivity contribution >= 4 is 22.9 Å². The Kier molecular flexibility index (Phi) is 2.86. The van der Waals surface area contributed by atoms with Gasteiger partial charge in [0.1, 0.15) is 11.3 Å². The summed E-state index contributed by atoms with van der Waals surface area (Å²) in [5, 5.41) is 7.09. The molecule has 0 radical (unpaired) electrons. The number of carbonyl (C=O) groups is 1. The van der Waals surface area contributed by atoms with Gasteiger partial charge in [-0.1, -0.05) is 35.5 Å². The highest BCUT2D eigenvalue weighted by Crippen LogP contribution is 2.22. The summed E-state index contributed by atoms with van der Waals surface area (Å²) in [7, 11) is 0. The van der Waals surface area contributed by atoms with Crippen molar-refractivity contribution in [1.29, 1.82) is 0 Å². The number of amides is 1. The van der Waals surface area contributed by atoms with E-state index in [0.29, 0.717) is 11.3 Å². The van der Waals surface area contributed by atoms with Gasteiger partial charge in [0.15, 0.2) is 0 Å². The van der Waals surface area contributed by atoms with Gasteiger partial charge in [0, 0.05) is 0 Å². The molecule has 94 valence electrons. The molecule has 1 aromatic heterocycles. The molecule has 5 nitrogen and oxygen atoms in total. The van der Waals surface area contributed by atoms with Crippen LogP contribution in [0.3, 0.4) is 0 Å². The maximum Gasteiger partial charge on any atom is 0.419 e. The molecule has 0 fully saturated rings. The molecule has 0 aliphatic heterocycles. The number of fused-ring (bicyclic) bond motifs is 1. The number of nitrogens with one attached hydrogen (secondary N) is 1. The van der Waals surface area contributed by atoms with E-state index in [1.807, 2.05) is 24.3 Å². The van der Waals surface area contributed by atoms with Gasteiger partial charge < -0.3 is 9.26 Å². The van der Waals surface area contributed by atoms with Crippen molar-refractivity contribution in [2.45, 2.75) is 0 Å². The van der Waals surface area contributed by atoms with Crippen molar-refractivity contribution in [3.63, 3.8) is 0 Å². The summed E-state index contributed by atoms with van der Waals surface area (Å²) in [6.07, 6.45) is -0.617. The second kappa shape index (κ2) is 4.81. The van der Waals surface area contributed by atoms with Gasteiger partial charge in [0.05, 0.1) is 5.39 Å². The second-order valence-electron chi connectivity index (χ2n) is 3.86. The van der Waals surface area contributed by atoms with E-state index < -0.39 is 6.09 Å². The molecule has 1 amide bonds. The Bertz CT molecular complexity index is 707. The molecule has 0 saturated heterocycles. The number of nitrogens with zero attached hydrogens (tertiary/aromatic N) is 1. The van der Waals surface area contributed by atoms with Gasteiger partial charge in [0.25, 0.3) is 0 Å². The minimum absolute atomic E-state index is 0.275. The van der Waals surface area contributed by atoms with Gasteiger partial charge in [0.2, 0.25) is 5.88 Å². The Morgan fingerprint density at radius 2 is 1.79 bits per heavy atom. The van der Waals surface area contributed by atoms with Crippen molar-refractivity contribution < 1.29 is 14.1 Å². The molecule has 0 aliphatic carbocycles. The number of aromatic nitrogens is 1. The van der Waals surface area contributed by atoms with E-state index in [-0.39, 0.29) is 5.88 Å². The van der Waals surface area contributed by atoms with Gasteiger partial charge in [-0.3, -0.25) is 5.32 Å². The molecule has 3 aromatic rings. The lowest BCUT2D eigenvalue weighted by Crippen LogP contribution is -2.16. The molecular formula is C14H10N2O3. The normalized spacial score (nSPS) is 10.3. The average Bonchev–Trinajstić information content (AvgIpc) is 2.83. The lowest BCUT2D eigenvalue weighted by atomic mass is 10.2. The van der Waals surface area contributed by atoms with E-state index in [4.69, 9.17) is 9.26 Å². The fourth-order valence-corrected chi connectivity index (χ4v) is 1.69. The Hall–Kier alpha value is -2.82. The Morgan fingerprint density at radius 3 is 2.63 bits per heavy atom. The second-order valence-corrected chi connectivity index (χ2v) is 3.86. The lowest BCUT2D eigenvalue weighted by Gasteiger charge is -2.03. The summed E-state index contributed by atoms with van der Waals surface area (Å²) in [5.74, 6) is 0.736. The van der Waals surface area contributed by atoms with Gasteiger partial charge in [-0.25, -0.2) is 4.79 Å². The Morgan fingerprint density at radius 1 is 1.05 bits per heavy atom. The number of anilines is 1.